The van der Waals surface area contributed by atoms with Crippen LogP contribution < -0.4 is 16.0 Å². The average molecular weight is 334 g/mol. The summed E-state index contributed by atoms with van der Waals surface area (Å²) >= 11 is 1.39. The molecule has 0 unspecified atom stereocenters. The molecule has 7 nitrogen and oxygen atoms in total. The van der Waals surface area contributed by atoms with E-state index < -0.39 is 0 Å². The van der Waals surface area contributed by atoms with E-state index in [2.05, 4.69) is 32.1 Å². The fraction of sp³-hybridized carbons (Fsp3) is 0.533. The van der Waals surface area contributed by atoms with Crippen LogP contribution in [0.15, 0.2) is 6.07 Å². The van der Waals surface area contributed by atoms with Crippen LogP contribution >= 0.6 is 11.3 Å². The molecule has 2 aromatic heterocycles. The van der Waals surface area contributed by atoms with Gasteiger partial charge in [0.2, 0.25) is 0 Å². The highest BCUT2D eigenvalue weighted by Crippen LogP contribution is 2.22. The Labute approximate surface area is 139 Å². The van der Waals surface area contributed by atoms with E-state index in [1.807, 2.05) is 18.5 Å². The van der Waals surface area contributed by atoms with Crippen molar-refractivity contribution in [3.8, 4) is 0 Å². The predicted molar refractivity (Wildman–Crippen MR) is 90.7 cm³/mol. The van der Waals surface area contributed by atoms with Crippen LogP contribution in [0.4, 0.5) is 5.13 Å². The van der Waals surface area contributed by atoms with Crippen molar-refractivity contribution in [3.05, 3.63) is 28.0 Å². The lowest BCUT2D eigenvalue weighted by Crippen LogP contribution is -2.23. The van der Waals surface area contributed by atoms with E-state index in [1.165, 1.54) is 17.0 Å². The molecule has 124 valence electrons. The van der Waals surface area contributed by atoms with Crippen molar-refractivity contribution in [1.29, 1.82) is 0 Å². The summed E-state index contributed by atoms with van der Waals surface area (Å²) in [5.74, 6) is -0.0922. The number of carbonyl (C=O) groups excluding carboxylic acids is 1. The molecule has 3 N–H and O–H groups in total. The molecule has 0 saturated heterocycles. The third kappa shape index (κ3) is 3.70. The fourth-order valence-corrected chi connectivity index (χ4v) is 3.54. The largest absolute Gasteiger partial charge is 0.362 e. The van der Waals surface area contributed by atoms with Crippen molar-refractivity contribution in [1.82, 2.24) is 25.4 Å². The smallest absolute Gasteiger partial charge is 0.263 e. The standard InChI is InChI=1S/C15H22N6OS/c1-3-17-15-19-10(2)13(23-15)14(22)18-8-11-7-12-9-16-5-4-6-21(12)20-11/h7,16H,3-6,8-9H2,1-2H3,(H,17,19)(H,18,22). The second-order valence-electron chi connectivity index (χ2n) is 5.53. The van der Waals surface area contributed by atoms with E-state index in [0.29, 0.717) is 11.4 Å². The maximum atomic E-state index is 12.3. The molecule has 0 fully saturated rings. The molecule has 0 bridgehead atoms. The number of anilines is 1. The summed E-state index contributed by atoms with van der Waals surface area (Å²) in [5.41, 5.74) is 2.83. The number of carbonyl (C=O) groups is 1. The Morgan fingerprint density at radius 1 is 1.52 bits per heavy atom. The first-order chi connectivity index (χ1) is 11.2. The minimum atomic E-state index is -0.0922. The van der Waals surface area contributed by atoms with Crippen LogP contribution in [-0.4, -0.2) is 33.8 Å². The Hall–Kier alpha value is -1.93. The zero-order valence-electron chi connectivity index (χ0n) is 13.5. The maximum Gasteiger partial charge on any atom is 0.263 e. The fourth-order valence-electron chi connectivity index (χ4n) is 2.59. The topological polar surface area (TPSA) is 83.9 Å². The molecular formula is C15H22N6OS. The zero-order valence-corrected chi connectivity index (χ0v) is 14.3. The van der Waals surface area contributed by atoms with E-state index in [9.17, 15) is 4.79 Å². The highest BCUT2D eigenvalue weighted by Gasteiger charge is 2.16. The van der Waals surface area contributed by atoms with Gasteiger partial charge in [-0.1, -0.05) is 11.3 Å². The van der Waals surface area contributed by atoms with Crippen LogP contribution in [0.5, 0.6) is 0 Å². The summed E-state index contributed by atoms with van der Waals surface area (Å²) in [5, 5.41) is 14.8. The van der Waals surface area contributed by atoms with E-state index >= 15 is 0 Å². The second kappa shape index (κ2) is 7.10. The lowest BCUT2D eigenvalue weighted by Gasteiger charge is -2.02. The van der Waals surface area contributed by atoms with E-state index in [-0.39, 0.29) is 5.91 Å². The molecule has 8 heteroatoms. The zero-order chi connectivity index (χ0) is 16.2. The predicted octanol–water partition coefficient (Wildman–Crippen LogP) is 1.50. The number of nitrogens with zero attached hydrogens (tertiary/aromatic N) is 3. The highest BCUT2D eigenvalue weighted by atomic mass is 32.1. The molecule has 0 aromatic carbocycles. The van der Waals surface area contributed by atoms with Gasteiger partial charge in [0.1, 0.15) is 4.88 Å². The van der Waals surface area contributed by atoms with Crippen LogP contribution in [-0.2, 0) is 19.6 Å². The Balaban J connectivity index is 1.63. The number of hydrogen-bond donors (Lipinski definition) is 3. The number of aromatic nitrogens is 3. The third-order valence-corrected chi connectivity index (χ3v) is 4.82. The van der Waals surface area contributed by atoms with Gasteiger partial charge in [0.15, 0.2) is 5.13 Å². The van der Waals surface area contributed by atoms with Gasteiger partial charge < -0.3 is 16.0 Å². The first-order valence-electron chi connectivity index (χ1n) is 7.93. The number of nitrogens with one attached hydrogen (secondary N) is 3. The average Bonchev–Trinajstić information content (AvgIpc) is 3.02. The monoisotopic (exact) mass is 334 g/mol. The number of aryl methyl sites for hydroxylation is 2. The molecule has 0 radical (unpaired) electrons. The molecule has 2 aromatic rings. The van der Waals surface area contributed by atoms with Crippen molar-refractivity contribution in [2.45, 2.75) is 39.9 Å². The summed E-state index contributed by atoms with van der Waals surface area (Å²) in [6.45, 7) is 7.88. The first kappa shape index (κ1) is 15.9. The van der Waals surface area contributed by atoms with Gasteiger partial charge in [0.25, 0.3) is 5.91 Å². The molecule has 1 aliphatic heterocycles. The van der Waals surface area contributed by atoms with Crippen molar-refractivity contribution in [2.24, 2.45) is 0 Å². The molecule has 1 aliphatic rings. The SMILES string of the molecule is CCNc1nc(C)c(C(=O)NCc2cc3n(n2)CCCNC3)s1. The number of thiazole rings is 1. The molecule has 3 rings (SSSR count). The summed E-state index contributed by atoms with van der Waals surface area (Å²) in [6, 6.07) is 2.06. The molecule has 0 aliphatic carbocycles. The Morgan fingerprint density at radius 3 is 3.22 bits per heavy atom. The van der Waals surface area contributed by atoms with Crippen LogP contribution in [0, 0.1) is 6.92 Å². The highest BCUT2D eigenvalue weighted by molar-refractivity contribution is 7.17. The Morgan fingerprint density at radius 2 is 2.39 bits per heavy atom. The summed E-state index contributed by atoms with van der Waals surface area (Å²) < 4.78 is 2.03. The molecule has 3 heterocycles. The van der Waals surface area contributed by atoms with Crippen LogP contribution in [0.2, 0.25) is 0 Å². The third-order valence-electron chi connectivity index (χ3n) is 3.70. The van der Waals surface area contributed by atoms with E-state index in [1.54, 1.807) is 0 Å². The maximum absolute atomic E-state index is 12.3. The lowest BCUT2D eigenvalue weighted by atomic mass is 10.3. The summed E-state index contributed by atoms with van der Waals surface area (Å²) in [7, 11) is 0. The minimum absolute atomic E-state index is 0.0922. The Kier molecular flexibility index (Phi) is 4.92. The van der Waals surface area contributed by atoms with E-state index in [0.717, 1.165) is 49.1 Å². The van der Waals surface area contributed by atoms with Crippen molar-refractivity contribution >= 4 is 22.4 Å². The quantitative estimate of drug-likeness (QED) is 0.772. The van der Waals surface area contributed by atoms with Gasteiger partial charge in [-0.25, -0.2) is 4.98 Å². The summed E-state index contributed by atoms with van der Waals surface area (Å²) in [4.78, 5) is 17.4. The van der Waals surface area contributed by atoms with Gasteiger partial charge in [-0.15, -0.1) is 0 Å². The normalized spacial score (nSPS) is 14.2. The number of fused-ring (bicyclic) bond motifs is 1. The second-order valence-corrected chi connectivity index (χ2v) is 6.53. The first-order valence-corrected chi connectivity index (χ1v) is 8.75. The van der Waals surface area contributed by atoms with Crippen molar-refractivity contribution in [3.63, 3.8) is 0 Å². The molecular weight excluding hydrogens is 312 g/mol. The van der Waals surface area contributed by atoms with Crippen LogP contribution in [0.1, 0.15) is 40.1 Å². The summed E-state index contributed by atoms with van der Waals surface area (Å²) in [6.07, 6.45) is 1.08. The molecule has 1 amide bonds. The van der Waals surface area contributed by atoms with Gasteiger partial charge in [0, 0.05) is 19.6 Å². The minimum Gasteiger partial charge on any atom is -0.362 e. The van der Waals surface area contributed by atoms with Gasteiger partial charge >= 0.3 is 0 Å². The lowest BCUT2D eigenvalue weighted by molar-refractivity contribution is 0.0953. The number of rotatable bonds is 5. The number of hydrogen-bond acceptors (Lipinski definition) is 6. The van der Waals surface area contributed by atoms with Crippen LogP contribution in [0.3, 0.4) is 0 Å². The van der Waals surface area contributed by atoms with Gasteiger partial charge in [-0.3, -0.25) is 9.48 Å². The van der Waals surface area contributed by atoms with Crippen molar-refractivity contribution < 1.29 is 4.79 Å². The molecule has 23 heavy (non-hydrogen) atoms. The van der Waals surface area contributed by atoms with Crippen molar-refractivity contribution in [2.75, 3.05) is 18.4 Å². The van der Waals surface area contributed by atoms with E-state index in [4.69, 9.17) is 0 Å². The van der Waals surface area contributed by atoms with Gasteiger partial charge in [-0.2, -0.15) is 5.10 Å². The van der Waals surface area contributed by atoms with Gasteiger partial charge in [-0.05, 0) is 32.9 Å². The van der Waals surface area contributed by atoms with Gasteiger partial charge in [0.05, 0.1) is 23.6 Å². The number of amides is 1. The molecule has 0 atom stereocenters. The molecule has 0 spiro atoms. The molecule has 0 saturated carbocycles. The Bertz CT molecular complexity index is 669. The van der Waals surface area contributed by atoms with Crippen LogP contribution in [0.25, 0.3) is 0 Å².